The Morgan fingerprint density at radius 2 is 2.00 bits per heavy atom. The number of likely N-dealkylation sites (tertiary alicyclic amines) is 1. The highest BCUT2D eigenvalue weighted by atomic mass is 127. The van der Waals surface area contributed by atoms with Gasteiger partial charge in [-0.3, -0.25) is 9.79 Å². The van der Waals surface area contributed by atoms with E-state index in [1.165, 1.54) is 35.0 Å². The van der Waals surface area contributed by atoms with Gasteiger partial charge in [-0.05, 0) is 44.2 Å². The number of amides is 1. The first kappa shape index (κ1) is 22.9. The fraction of sp³-hybridized carbons (Fsp3) is 0.565. The number of guanidine groups is 1. The quantitative estimate of drug-likeness (QED) is 0.319. The maximum Gasteiger partial charge on any atom is 0.225 e. The summed E-state index contributed by atoms with van der Waals surface area (Å²) in [5.74, 6) is 1.46. The largest absolute Gasteiger partial charge is 0.358 e. The molecule has 1 saturated heterocycles. The summed E-state index contributed by atoms with van der Waals surface area (Å²) in [6.07, 6.45) is 6.48. The monoisotopic (exact) mass is 523 g/mol. The fourth-order valence-corrected chi connectivity index (χ4v) is 4.86. The molecule has 1 atom stereocenters. The molecule has 1 unspecified atom stereocenters. The lowest BCUT2D eigenvalue weighted by atomic mass is 10.1. The Hall–Kier alpha value is -1.77. The number of aromatic nitrogens is 1. The van der Waals surface area contributed by atoms with Crippen molar-refractivity contribution in [2.75, 3.05) is 26.7 Å². The van der Waals surface area contributed by atoms with Gasteiger partial charge >= 0.3 is 0 Å². The van der Waals surface area contributed by atoms with Crippen LogP contribution >= 0.6 is 24.0 Å². The molecule has 30 heavy (non-hydrogen) atoms. The number of H-pyrrole nitrogens is 1. The van der Waals surface area contributed by atoms with Crippen LogP contribution in [0.5, 0.6) is 0 Å². The summed E-state index contributed by atoms with van der Waals surface area (Å²) in [6, 6.07) is 8.73. The SMILES string of the molecule is CN=C(NCCc1c(C)[nH]c2ccccc12)NC1CCN(C(=O)C2CCCC2)C1.I. The van der Waals surface area contributed by atoms with E-state index in [1.54, 1.807) is 0 Å². The van der Waals surface area contributed by atoms with Gasteiger partial charge in [0.15, 0.2) is 5.96 Å². The number of hydrogen-bond acceptors (Lipinski definition) is 2. The molecule has 2 aliphatic rings. The number of carbonyl (C=O) groups excluding carboxylic acids is 1. The summed E-state index contributed by atoms with van der Waals surface area (Å²) in [5, 5.41) is 8.26. The normalized spacial score (nSPS) is 19.9. The van der Waals surface area contributed by atoms with E-state index < -0.39 is 0 Å². The predicted octanol–water partition coefficient (Wildman–Crippen LogP) is 3.59. The Balaban J connectivity index is 0.00000256. The second-order valence-electron chi connectivity index (χ2n) is 8.42. The molecule has 4 rings (SSSR count). The molecule has 7 heteroatoms. The zero-order chi connectivity index (χ0) is 20.2. The molecule has 1 saturated carbocycles. The highest BCUT2D eigenvalue weighted by molar-refractivity contribution is 14.0. The van der Waals surface area contributed by atoms with Crippen molar-refractivity contribution in [1.82, 2.24) is 20.5 Å². The minimum atomic E-state index is 0. The van der Waals surface area contributed by atoms with Gasteiger partial charge in [-0.25, -0.2) is 0 Å². The molecule has 2 fully saturated rings. The Morgan fingerprint density at radius 3 is 2.77 bits per heavy atom. The molecule has 1 amide bonds. The van der Waals surface area contributed by atoms with Crippen molar-refractivity contribution in [2.45, 2.75) is 51.5 Å². The molecule has 2 heterocycles. The molecule has 0 radical (unpaired) electrons. The van der Waals surface area contributed by atoms with E-state index in [0.717, 1.165) is 51.3 Å². The van der Waals surface area contributed by atoms with Gasteiger partial charge < -0.3 is 20.5 Å². The van der Waals surface area contributed by atoms with Gasteiger partial charge in [0.05, 0.1) is 0 Å². The van der Waals surface area contributed by atoms with Crippen LogP contribution in [0.2, 0.25) is 0 Å². The molecule has 0 spiro atoms. The number of halogens is 1. The summed E-state index contributed by atoms with van der Waals surface area (Å²) in [7, 11) is 1.81. The van der Waals surface area contributed by atoms with Crippen LogP contribution in [0.1, 0.15) is 43.4 Å². The van der Waals surface area contributed by atoms with E-state index in [4.69, 9.17) is 0 Å². The van der Waals surface area contributed by atoms with Crippen LogP contribution in [0.15, 0.2) is 29.3 Å². The molecule has 6 nitrogen and oxygen atoms in total. The number of nitrogens with one attached hydrogen (secondary N) is 3. The standard InChI is InChI=1S/C23H33N5O.HI/c1-16-19(20-9-5-6-10-21(20)26-16)11-13-25-23(24-2)27-18-12-14-28(15-18)22(29)17-7-3-4-8-17;/h5-6,9-10,17-18,26H,3-4,7-8,11-15H2,1-2H3,(H2,24,25,27);1H. The lowest BCUT2D eigenvalue weighted by Gasteiger charge is -2.21. The lowest BCUT2D eigenvalue weighted by molar-refractivity contribution is -0.134. The number of carbonyl (C=O) groups is 1. The molecule has 1 aliphatic heterocycles. The number of para-hydroxylation sites is 1. The van der Waals surface area contributed by atoms with Crippen molar-refractivity contribution in [2.24, 2.45) is 10.9 Å². The fourth-order valence-electron chi connectivity index (χ4n) is 4.86. The summed E-state index contributed by atoms with van der Waals surface area (Å²) in [4.78, 5) is 22.5. The van der Waals surface area contributed by atoms with E-state index >= 15 is 0 Å². The van der Waals surface area contributed by atoms with Crippen LogP contribution in [0.25, 0.3) is 10.9 Å². The van der Waals surface area contributed by atoms with Crippen LogP contribution in [-0.2, 0) is 11.2 Å². The van der Waals surface area contributed by atoms with Gasteiger partial charge in [-0.2, -0.15) is 0 Å². The van der Waals surface area contributed by atoms with Gasteiger partial charge in [-0.1, -0.05) is 31.0 Å². The first-order chi connectivity index (χ1) is 14.2. The van der Waals surface area contributed by atoms with E-state index in [0.29, 0.717) is 5.91 Å². The second-order valence-corrected chi connectivity index (χ2v) is 8.42. The van der Waals surface area contributed by atoms with Gasteiger partial charge in [0.1, 0.15) is 0 Å². The average molecular weight is 523 g/mol. The third-order valence-electron chi connectivity index (χ3n) is 6.46. The second kappa shape index (κ2) is 10.5. The highest BCUT2D eigenvalue weighted by Crippen LogP contribution is 2.28. The molecule has 1 aromatic carbocycles. The number of aliphatic imine (C=N–C) groups is 1. The molecule has 0 bridgehead atoms. The van der Waals surface area contributed by atoms with Crippen LogP contribution < -0.4 is 10.6 Å². The maximum absolute atomic E-state index is 12.6. The number of benzene rings is 1. The van der Waals surface area contributed by atoms with Gasteiger partial charge in [0.25, 0.3) is 0 Å². The first-order valence-electron chi connectivity index (χ1n) is 11.0. The number of fused-ring (bicyclic) bond motifs is 1. The van der Waals surface area contributed by atoms with Crippen molar-refractivity contribution >= 4 is 46.7 Å². The van der Waals surface area contributed by atoms with E-state index in [2.05, 4.69) is 56.7 Å². The van der Waals surface area contributed by atoms with Crippen LogP contribution in [0, 0.1) is 12.8 Å². The summed E-state index contributed by atoms with van der Waals surface area (Å²) >= 11 is 0. The van der Waals surface area contributed by atoms with E-state index in [-0.39, 0.29) is 35.9 Å². The van der Waals surface area contributed by atoms with Crippen LogP contribution in [0.4, 0.5) is 0 Å². The summed E-state index contributed by atoms with van der Waals surface area (Å²) in [5.41, 5.74) is 3.78. The molecule has 2 aromatic rings. The minimum Gasteiger partial charge on any atom is -0.358 e. The van der Waals surface area contributed by atoms with Crippen molar-refractivity contribution in [3.8, 4) is 0 Å². The van der Waals surface area contributed by atoms with E-state index in [9.17, 15) is 4.79 Å². The third kappa shape index (κ3) is 5.10. The average Bonchev–Trinajstić information content (AvgIpc) is 3.47. The Kier molecular flexibility index (Phi) is 8.02. The van der Waals surface area contributed by atoms with Gasteiger partial charge in [0.2, 0.25) is 5.91 Å². The number of aryl methyl sites for hydroxylation is 1. The Labute approximate surface area is 196 Å². The molecular formula is C23H34IN5O. The van der Waals surface area contributed by atoms with Gasteiger partial charge in [-0.15, -0.1) is 24.0 Å². The zero-order valence-corrected chi connectivity index (χ0v) is 20.4. The van der Waals surface area contributed by atoms with Crippen molar-refractivity contribution in [1.29, 1.82) is 0 Å². The van der Waals surface area contributed by atoms with Crippen molar-refractivity contribution in [3.05, 3.63) is 35.5 Å². The topological polar surface area (TPSA) is 72.5 Å². The Bertz CT molecular complexity index is 887. The van der Waals surface area contributed by atoms with Crippen LogP contribution in [-0.4, -0.2) is 54.5 Å². The van der Waals surface area contributed by atoms with Gasteiger partial charge in [0, 0.05) is 55.2 Å². The predicted molar refractivity (Wildman–Crippen MR) is 134 cm³/mol. The number of nitrogens with zero attached hydrogens (tertiary/aromatic N) is 2. The van der Waals surface area contributed by atoms with Crippen LogP contribution in [0.3, 0.4) is 0 Å². The lowest BCUT2D eigenvalue weighted by Crippen LogP contribution is -2.45. The minimum absolute atomic E-state index is 0. The van der Waals surface area contributed by atoms with Crippen molar-refractivity contribution in [3.63, 3.8) is 0 Å². The molecular weight excluding hydrogens is 489 g/mol. The zero-order valence-electron chi connectivity index (χ0n) is 18.0. The Morgan fingerprint density at radius 1 is 1.23 bits per heavy atom. The highest BCUT2D eigenvalue weighted by Gasteiger charge is 2.32. The third-order valence-corrected chi connectivity index (χ3v) is 6.46. The van der Waals surface area contributed by atoms with E-state index in [1.807, 2.05) is 7.05 Å². The maximum atomic E-state index is 12.6. The number of rotatable bonds is 5. The number of aromatic amines is 1. The molecule has 164 valence electrons. The number of hydrogen-bond donors (Lipinski definition) is 3. The van der Waals surface area contributed by atoms with Crippen molar-refractivity contribution < 1.29 is 4.79 Å². The molecule has 1 aliphatic carbocycles. The molecule has 1 aromatic heterocycles. The summed E-state index contributed by atoms with van der Waals surface area (Å²) in [6.45, 7) is 4.60. The smallest absolute Gasteiger partial charge is 0.225 e. The first-order valence-corrected chi connectivity index (χ1v) is 11.0. The summed E-state index contributed by atoms with van der Waals surface area (Å²) < 4.78 is 0. The molecule has 3 N–H and O–H groups in total.